The van der Waals surface area contributed by atoms with Crippen LogP contribution in [0, 0.1) is 0 Å². The van der Waals surface area contributed by atoms with Crippen LogP contribution in [0.15, 0.2) is 30.3 Å². The van der Waals surface area contributed by atoms with Crippen molar-refractivity contribution in [1.29, 1.82) is 0 Å². The minimum atomic E-state index is -3.25. The number of benzene rings is 1. The molecule has 0 spiro atoms. The van der Waals surface area contributed by atoms with E-state index in [1.165, 1.54) is 10.6 Å². The highest BCUT2D eigenvalue weighted by atomic mass is 32.2. The summed E-state index contributed by atoms with van der Waals surface area (Å²) in [5, 5.41) is 5.94. The van der Waals surface area contributed by atoms with Gasteiger partial charge in [-0.05, 0) is 45.0 Å². The summed E-state index contributed by atoms with van der Waals surface area (Å²) in [7, 11) is -1.38. The van der Waals surface area contributed by atoms with Gasteiger partial charge >= 0.3 is 0 Å². The Morgan fingerprint density at radius 1 is 1.07 bits per heavy atom. The Morgan fingerprint density at radius 2 is 1.71 bits per heavy atom. The zero-order valence-electron chi connectivity index (χ0n) is 16.6. The second-order valence-corrected chi connectivity index (χ2v) is 8.96. The normalized spacial score (nSPS) is 16.6. The largest absolute Gasteiger partial charge is 0.340 e. The van der Waals surface area contributed by atoms with Crippen LogP contribution < -0.4 is 10.6 Å². The fraction of sp³-hybridized carbons (Fsp3) is 0.579. The molecule has 0 unspecified atom stereocenters. The number of unbranched alkanes of at least 4 members (excludes halogenated alkanes) is 1. The molecule has 1 aliphatic rings. The van der Waals surface area contributed by atoms with Crippen molar-refractivity contribution in [2.75, 3.05) is 46.0 Å². The molecular formula is C19H30N4O4S. The zero-order chi connectivity index (χ0) is 20.6. The van der Waals surface area contributed by atoms with E-state index in [0.29, 0.717) is 25.1 Å². The van der Waals surface area contributed by atoms with Gasteiger partial charge in [-0.2, -0.15) is 4.31 Å². The third-order valence-corrected chi connectivity index (χ3v) is 6.13. The maximum Gasteiger partial charge on any atom is 0.251 e. The minimum Gasteiger partial charge on any atom is -0.340 e. The predicted molar refractivity (Wildman–Crippen MR) is 108 cm³/mol. The second kappa shape index (κ2) is 10.5. The lowest BCUT2D eigenvalue weighted by Crippen LogP contribution is -2.55. The summed E-state index contributed by atoms with van der Waals surface area (Å²) in [5.74, 6) is -0.427. The van der Waals surface area contributed by atoms with Crippen LogP contribution in [0.25, 0.3) is 0 Å². The molecular weight excluding hydrogens is 380 g/mol. The Hall–Kier alpha value is -1.97. The lowest BCUT2D eigenvalue weighted by atomic mass is 10.1. The third-order valence-electron chi connectivity index (χ3n) is 4.83. The maximum atomic E-state index is 13.0. The molecule has 1 aromatic rings. The van der Waals surface area contributed by atoms with Crippen molar-refractivity contribution in [3.63, 3.8) is 0 Å². The molecule has 8 nitrogen and oxygen atoms in total. The zero-order valence-corrected chi connectivity index (χ0v) is 17.4. The van der Waals surface area contributed by atoms with E-state index < -0.39 is 16.1 Å². The Balaban J connectivity index is 2.01. The average Bonchev–Trinajstić information content (AvgIpc) is 2.69. The molecule has 0 aliphatic carbocycles. The molecule has 2 amide bonds. The first kappa shape index (κ1) is 22.3. The van der Waals surface area contributed by atoms with E-state index in [0.717, 1.165) is 19.4 Å². The summed E-state index contributed by atoms with van der Waals surface area (Å²) in [4.78, 5) is 27.2. The first-order valence-corrected chi connectivity index (χ1v) is 11.4. The molecule has 0 radical (unpaired) electrons. The molecule has 1 aromatic carbocycles. The first-order chi connectivity index (χ1) is 13.3. The predicted octanol–water partition coefficient (Wildman–Crippen LogP) is 0.279. The van der Waals surface area contributed by atoms with Gasteiger partial charge in [0.2, 0.25) is 15.9 Å². The van der Waals surface area contributed by atoms with Crippen molar-refractivity contribution in [1.82, 2.24) is 19.8 Å². The van der Waals surface area contributed by atoms with Crippen molar-refractivity contribution < 1.29 is 18.0 Å². The molecule has 0 saturated carbocycles. The van der Waals surface area contributed by atoms with Gasteiger partial charge in [-0.25, -0.2) is 8.42 Å². The smallest absolute Gasteiger partial charge is 0.251 e. The Labute approximate surface area is 167 Å². The Morgan fingerprint density at radius 3 is 2.29 bits per heavy atom. The number of hydrogen-bond donors (Lipinski definition) is 2. The highest BCUT2D eigenvalue weighted by molar-refractivity contribution is 7.88. The van der Waals surface area contributed by atoms with E-state index >= 15 is 0 Å². The summed E-state index contributed by atoms with van der Waals surface area (Å²) in [6, 6.07) is 8.20. The van der Waals surface area contributed by atoms with Gasteiger partial charge in [-0.15, -0.1) is 0 Å². The van der Waals surface area contributed by atoms with Gasteiger partial charge in [-0.1, -0.05) is 18.2 Å². The molecule has 2 N–H and O–H groups in total. The molecule has 9 heteroatoms. The average molecular weight is 411 g/mol. The van der Waals surface area contributed by atoms with Crippen LogP contribution in [0.2, 0.25) is 0 Å². The van der Waals surface area contributed by atoms with Crippen LogP contribution >= 0.6 is 0 Å². The molecule has 1 atom stereocenters. The van der Waals surface area contributed by atoms with Gasteiger partial charge in [0.15, 0.2) is 0 Å². The lowest BCUT2D eigenvalue weighted by molar-refractivity contribution is -0.134. The summed E-state index contributed by atoms with van der Waals surface area (Å²) in [5.41, 5.74) is 0.512. The van der Waals surface area contributed by atoms with Crippen LogP contribution in [0.3, 0.4) is 0 Å². The molecule has 1 aliphatic heterocycles. The first-order valence-electron chi connectivity index (χ1n) is 9.57. The second-order valence-electron chi connectivity index (χ2n) is 6.98. The van der Waals surface area contributed by atoms with Gasteiger partial charge in [0.1, 0.15) is 6.04 Å². The van der Waals surface area contributed by atoms with Crippen molar-refractivity contribution in [3.05, 3.63) is 35.9 Å². The van der Waals surface area contributed by atoms with Gasteiger partial charge in [0.25, 0.3) is 5.91 Å². The number of sulfonamides is 1. The van der Waals surface area contributed by atoms with Crippen molar-refractivity contribution in [2.45, 2.75) is 25.3 Å². The van der Waals surface area contributed by atoms with Crippen LogP contribution in [0.1, 0.15) is 29.6 Å². The number of carbonyl (C=O) groups excluding carboxylic acids is 2. The van der Waals surface area contributed by atoms with Gasteiger partial charge < -0.3 is 15.5 Å². The summed E-state index contributed by atoms with van der Waals surface area (Å²) < 4.78 is 24.7. The van der Waals surface area contributed by atoms with E-state index in [4.69, 9.17) is 0 Å². The fourth-order valence-electron chi connectivity index (χ4n) is 3.20. The van der Waals surface area contributed by atoms with Crippen LogP contribution in [-0.2, 0) is 14.8 Å². The van der Waals surface area contributed by atoms with Gasteiger partial charge in [0, 0.05) is 31.7 Å². The molecule has 0 aromatic heterocycles. The molecule has 0 bridgehead atoms. The number of nitrogens with one attached hydrogen (secondary N) is 2. The number of piperazine rings is 1. The number of amides is 2. The van der Waals surface area contributed by atoms with Crippen molar-refractivity contribution in [3.8, 4) is 0 Å². The SMILES string of the molecule is CNCCCC[C@H](NC(=O)c1ccccc1)C(=O)N1CCN(S(C)(=O)=O)CC1. The summed E-state index contributed by atoms with van der Waals surface area (Å²) in [6.45, 7) is 2.08. The molecule has 1 fully saturated rings. The summed E-state index contributed by atoms with van der Waals surface area (Å²) >= 11 is 0. The fourth-order valence-corrected chi connectivity index (χ4v) is 4.03. The van der Waals surface area contributed by atoms with Crippen LogP contribution in [-0.4, -0.2) is 81.5 Å². The molecule has 28 heavy (non-hydrogen) atoms. The molecule has 1 saturated heterocycles. The van der Waals surface area contributed by atoms with Gasteiger partial charge in [-0.3, -0.25) is 9.59 Å². The summed E-state index contributed by atoms with van der Waals surface area (Å²) in [6.07, 6.45) is 3.43. The lowest BCUT2D eigenvalue weighted by Gasteiger charge is -2.35. The third kappa shape index (κ3) is 6.57. The number of carbonyl (C=O) groups is 2. The van der Waals surface area contributed by atoms with Crippen molar-refractivity contribution >= 4 is 21.8 Å². The van der Waals surface area contributed by atoms with E-state index in [2.05, 4.69) is 10.6 Å². The van der Waals surface area contributed by atoms with Crippen LogP contribution in [0.5, 0.6) is 0 Å². The number of hydrogen-bond acceptors (Lipinski definition) is 5. The number of nitrogens with zero attached hydrogens (tertiary/aromatic N) is 2. The molecule has 2 rings (SSSR count). The van der Waals surface area contributed by atoms with Crippen molar-refractivity contribution in [2.24, 2.45) is 0 Å². The molecule has 156 valence electrons. The number of rotatable bonds is 9. The monoisotopic (exact) mass is 410 g/mol. The minimum absolute atomic E-state index is 0.151. The highest BCUT2D eigenvalue weighted by Gasteiger charge is 2.30. The van der Waals surface area contributed by atoms with Crippen LogP contribution in [0.4, 0.5) is 0 Å². The topological polar surface area (TPSA) is 98.8 Å². The van der Waals surface area contributed by atoms with Gasteiger partial charge in [0.05, 0.1) is 6.26 Å². The van der Waals surface area contributed by atoms with E-state index in [9.17, 15) is 18.0 Å². The Bertz CT molecular complexity index is 746. The van der Waals surface area contributed by atoms with E-state index in [-0.39, 0.29) is 24.9 Å². The van der Waals surface area contributed by atoms with E-state index in [1.54, 1.807) is 29.2 Å². The quantitative estimate of drug-likeness (QED) is 0.570. The highest BCUT2D eigenvalue weighted by Crippen LogP contribution is 2.11. The maximum absolute atomic E-state index is 13.0. The van der Waals surface area contributed by atoms with E-state index in [1.807, 2.05) is 13.1 Å². The Kier molecular flexibility index (Phi) is 8.40. The molecule has 1 heterocycles. The standard InChI is InChI=1S/C19H30N4O4S/c1-20-11-7-6-10-17(21-18(24)16-8-4-3-5-9-16)19(25)22-12-14-23(15-13-22)28(2,26)27/h3-5,8-9,17,20H,6-7,10-15H2,1-2H3,(H,21,24)/t17-/m0/s1.